The fraction of sp³-hybridized carbons (Fsp3) is 0.500. The predicted octanol–water partition coefficient (Wildman–Crippen LogP) is 3.26. The molecule has 110 valence electrons. The molecule has 0 saturated carbocycles. The van der Waals surface area contributed by atoms with Crippen LogP contribution in [0.2, 0.25) is 0 Å². The van der Waals surface area contributed by atoms with Crippen molar-refractivity contribution in [2.24, 2.45) is 0 Å². The molecule has 0 unspecified atom stereocenters. The zero-order chi connectivity index (χ0) is 15.5. The molecule has 0 amide bonds. The van der Waals surface area contributed by atoms with Crippen molar-refractivity contribution in [2.75, 3.05) is 7.11 Å². The molecule has 4 heteroatoms. The zero-order valence-corrected chi connectivity index (χ0v) is 13.0. The molecule has 0 aliphatic carbocycles. The number of carbonyl (C=O) groups is 2. The number of aryl methyl sites for hydroxylation is 1. The van der Waals surface area contributed by atoms with Gasteiger partial charge in [-0.05, 0) is 23.5 Å². The third kappa shape index (κ3) is 3.59. The van der Waals surface area contributed by atoms with Gasteiger partial charge in [0.1, 0.15) is 11.3 Å². The average Bonchev–Trinajstić information content (AvgIpc) is 2.35. The van der Waals surface area contributed by atoms with Crippen LogP contribution in [0, 0.1) is 0 Å². The van der Waals surface area contributed by atoms with Gasteiger partial charge in [0, 0.05) is 12.5 Å². The molecule has 0 heterocycles. The summed E-state index contributed by atoms with van der Waals surface area (Å²) < 4.78 is 10.1. The lowest BCUT2D eigenvalue weighted by atomic mass is 9.83. The minimum atomic E-state index is -0.498. The normalized spacial score (nSPS) is 11.1. The molecular weight excluding hydrogens is 256 g/mol. The Hall–Kier alpha value is -1.84. The average molecular weight is 278 g/mol. The molecule has 0 aliphatic rings. The highest BCUT2D eigenvalue weighted by atomic mass is 16.5. The van der Waals surface area contributed by atoms with E-state index in [-0.39, 0.29) is 5.41 Å². The van der Waals surface area contributed by atoms with Gasteiger partial charge in [-0.15, -0.1) is 0 Å². The molecule has 20 heavy (non-hydrogen) atoms. The van der Waals surface area contributed by atoms with E-state index in [4.69, 9.17) is 9.47 Å². The highest BCUT2D eigenvalue weighted by Gasteiger charge is 2.26. The van der Waals surface area contributed by atoms with Gasteiger partial charge in [0.15, 0.2) is 0 Å². The molecule has 0 aromatic heterocycles. The lowest BCUT2D eigenvalue weighted by Crippen LogP contribution is -2.19. The first-order chi connectivity index (χ1) is 9.20. The number of rotatable bonds is 3. The SMILES string of the molecule is CCc1cc(C(=O)OC)c(OC(C)=O)c(C(C)(C)C)c1. The first-order valence-corrected chi connectivity index (χ1v) is 6.64. The maximum Gasteiger partial charge on any atom is 0.341 e. The first-order valence-electron chi connectivity index (χ1n) is 6.64. The predicted molar refractivity (Wildman–Crippen MR) is 77.2 cm³/mol. The van der Waals surface area contributed by atoms with E-state index in [2.05, 4.69) is 0 Å². The Morgan fingerprint density at radius 3 is 2.20 bits per heavy atom. The lowest BCUT2D eigenvalue weighted by Gasteiger charge is -2.24. The van der Waals surface area contributed by atoms with Crippen LogP contribution < -0.4 is 4.74 Å². The molecule has 1 rings (SSSR count). The molecular formula is C16H22O4. The van der Waals surface area contributed by atoms with Crippen molar-refractivity contribution in [3.8, 4) is 5.75 Å². The van der Waals surface area contributed by atoms with Gasteiger partial charge >= 0.3 is 11.9 Å². The summed E-state index contributed by atoms with van der Waals surface area (Å²) in [5.74, 6) is -0.652. The van der Waals surface area contributed by atoms with E-state index >= 15 is 0 Å². The van der Waals surface area contributed by atoms with E-state index < -0.39 is 11.9 Å². The molecule has 0 saturated heterocycles. The summed E-state index contributed by atoms with van der Waals surface area (Å²) in [4.78, 5) is 23.3. The number of benzene rings is 1. The van der Waals surface area contributed by atoms with Crippen molar-refractivity contribution in [2.45, 2.75) is 46.5 Å². The Balaban J connectivity index is 3.62. The summed E-state index contributed by atoms with van der Waals surface area (Å²) in [6, 6.07) is 3.70. The van der Waals surface area contributed by atoms with Crippen LogP contribution in [-0.4, -0.2) is 19.0 Å². The minimum Gasteiger partial charge on any atom is -0.465 e. The van der Waals surface area contributed by atoms with Crippen LogP contribution >= 0.6 is 0 Å². The van der Waals surface area contributed by atoms with Crippen LogP contribution in [0.5, 0.6) is 5.75 Å². The van der Waals surface area contributed by atoms with E-state index in [1.807, 2.05) is 33.8 Å². The van der Waals surface area contributed by atoms with Crippen molar-refractivity contribution < 1.29 is 19.1 Å². The number of ether oxygens (including phenoxy) is 2. The lowest BCUT2D eigenvalue weighted by molar-refractivity contribution is -0.131. The molecule has 0 radical (unpaired) electrons. The summed E-state index contributed by atoms with van der Waals surface area (Å²) in [7, 11) is 1.31. The summed E-state index contributed by atoms with van der Waals surface area (Å²) in [6.45, 7) is 9.36. The van der Waals surface area contributed by atoms with E-state index in [1.165, 1.54) is 14.0 Å². The minimum absolute atomic E-state index is 0.251. The molecule has 0 spiro atoms. The van der Waals surface area contributed by atoms with Gasteiger partial charge in [0.25, 0.3) is 0 Å². The molecule has 1 aromatic carbocycles. The van der Waals surface area contributed by atoms with Crippen LogP contribution in [0.3, 0.4) is 0 Å². The molecule has 1 aromatic rings. The largest absolute Gasteiger partial charge is 0.465 e. The van der Waals surface area contributed by atoms with Gasteiger partial charge < -0.3 is 9.47 Å². The third-order valence-electron chi connectivity index (χ3n) is 3.02. The van der Waals surface area contributed by atoms with E-state index in [0.29, 0.717) is 11.3 Å². The van der Waals surface area contributed by atoms with Crippen LogP contribution in [0.15, 0.2) is 12.1 Å². The smallest absolute Gasteiger partial charge is 0.341 e. The summed E-state index contributed by atoms with van der Waals surface area (Å²) in [6.07, 6.45) is 0.785. The van der Waals surface area contributed by atoms with Crippen LogP contribution in [0.25, 0.3) is 0 Å². The van der Waals surface area contributed by atoms with E-state index in [0.717, 1.165) is 17.5 Å². The number of hydrogen-bond acceptors (Lipinski definition) is 4. The molecule has 4 nitrogen and oxygen atoms in total. The Kier molecular flexibility index (Phi) is 4.93. The fourth-order valence-electron chi connectivity index (χ4n) is 1.97. The van der Waals surface area contributed by atoms with Crippen molar-refractivity contribution in [3.05, 3.63) is 28.8 Å². The second-order valence-electron chi connectivity index (χ2n) is 5.71. The first kappa shape index (κ1) is 16.2. The van der Waals surface area contributed by atoms with E-state index in [1.54, 1.807) is 6.07 Å². The fourth-order valence-corrected chi connectivity index (χ4v) is 1.97. The van der Waals surface area contributed by atoms with Crippen molar-refractivity contribution in [3.63, 3.8) is 0 Å². The third-order valence-corrected chi connectivity index (χ3v) is 3.02. The molecule has 0 aliphatic heterocycles. The molecule has 0 atom stereocenters. The van der Waals surface area contributed by atoms with Gasteiger partial charge in [-0.25, -0.2) is 4.79 Å². The maximum atomic E-state index is 11.9. The monoisotopic (exact) mass is 278 g/mol. The quantitative estimate of drug-likeness (QED) is 0.629. The van der Waals surface area contributed by atoms with Crippen LogP contribution in [0.1, 0.15) is 56.1 Å². The standard InChI is InChI=1S/C16H22O4/c1-7-11-8-12(15(18)19-6)14(20-10(2)17)13(9-11)16(3,4)5/h8-9H,7H2,1-6H3. The van der Waals surface area contributed by atoms with Gasteiger partial charge in [-0.3, -0.25) is 4.79 Å². The number of hydrogen-bond donors (Lipinski definition) is 0. The summed E-state index contributed by atoms with van der Waals surface area (Å²) in [5, 5.41) is 0. The number of carbonyl (C=O) groups excluding carboxylic acids is 2. The Morgan fingerprint density at radius 2 is 1.80 bits per heavy atom. The summed E-state index contributed by atoms with van der Waals surface area (Å²) in [5.41, 5.74) is 1.88. The van der Waals surface area contributed by atoms with Crippen LogP contribution in [0.4, 0.5) is 0 Å². The topological polar surface area (TPSA) is 52.6 Å². The summed E-state index contributed by atoms with van der Waals surface area (Å²) >= 11 is 0. The Labute approximate surface area is 120 Å². The highest BCUT2D eigenvalue weighted by molar-refractivity contribution is 5.94. The van der Waals surface area contributed by atoms with Crippen molar-refractivity contribution in [1.82, 2.24) is 0 Å². The molecule has 0 bridgehead atoms. The van der Waals surface area contributed by atoms with Gasteiger partial charge in [-0.2, -0.15) is 0 Å². The number of methoxy groups -OCH3 is 1. The molecule has 0 N–H and O–H groups in total. The second kappa shape index (κ2) is 6.07. The second-order valence-corrected chi connectivity index (χ2v) is 5.71. The Morgan fingerprint density at radius 1 is 1.20 bits per heavy atom. The highest BCUT2D eigenvalue weighted by Crippen LogP contribution is 2.36. The van der Waals surface area contributed by atoms with Gasteiger partial charge in [0.05, 0.1) is 7.11 Å². The van der Waals surface area contributed by atoms with Crippen molar-refractivity contribution in [1.29, 1.82) is 0 Å². The molecule has 0 fully saturated rings. The maximum absolute atomic E-state index is 11.9. The number of esters is 2. The van der Waals surface area contributed by atoms with Gasteiger partial charge in [0.2, 0.25) is 0 Å². The zero-order valence-electron chi connectivity index (χ0n) is 13.0. The van der Waals surface area contributed by atoms with E-state index in [9.17, 15) is 9.59 Å². The Bertz CT molecular complexity index is 524. The van der Waals surface area contributed by atoms with Crippen LogP contribution in [-0.2, 0) is 21.4 Å². The van der Waals surface area contributed by atoms with Crippen molar-refractivity contribution >= 4 is 11.9 Å². The van der Waals surface area contributed by atoms with Gasteiger partial charge in [-0.1, -0.05) is 33.8 Å².